The van der Waals surface area contributed by atoms with Gasteiger partial charge in [0.25, 0.3) is 5.91 Å². The predicted octanol–water partition coefficient (Wildman–Crippen LogP) is 0.246. The Balaban J connectivity index is 2.53. The number of carbonyl (C=O) groups excluding carboxylic acids is 1. The fraction of sp³-hybridized carbons (Fsp3) is 0.667. The number of amides is 1. The highest BCUT2D eigenvalue weighted by Crippen LogP contribution is 2.09. The van der Waals surface area contributed by atoms with E-state index in [1.807, 2.05) is 6.92 Å². The van der Waals surface area contributed by atoms with Gasteiger partial charge in [0.05, 0.1) is 17.4 Å². The molecule has 1 aromatic rings. The lowest BCUT2D eigenvalue weighted by atomic mass is 10.0. The molecule has 102 valence electrons. The topological polar surface area (TPSA) is 76.4 Å². The maximum atomic E-state index is 11.9. The number of methoxy groups -OCH3 is 1. The zero-order chi connectivity index (χ0) is 13.8. The van der Waals surface area contributed by atoms with E-state index in [0.29, 0.717) is 18.6 Å². The van der Waals surface area contributed by atoms with Gasteiger partial charge in [-0.2, -0.15) is 5.10 Å². The molecule has 1 heterocycles. The summed E-state index contributed by atoms with van der Waals surface area (Å²) < 4.78 is 6.54. The summed E-state index contributed by atoms with van der Waals surface area (Å²) in [5.74, 6) is -0.224. The zero-order valence-electron chi connectivity index (χ0n) is 11.4. The van der Waals surface area contributed by atoms with Gasteiger partial charge in [0.15, 0.2) is 0 Å². The van der Waals surface area contributed by atoms with E-state index in [9.17, 15) is 9.90 Å². The molecule has 0 aliphatic carbocycles. The monoisotopic (exact) mass is 255 g/mol. The number of rotatable bonds is 6. The molecule has 6 heteroatoms. The summed E-state index contributed by atoms with van der Waals surface area (Å²) in [6, 6.07) is 0. The van der Waals surface area contributed by atoms with E-state index < -0.39 is 5.60 Å². The van der Waals surface area contributed by atoms with Gasteiger partial charge in [-0.05, 0) is 13.8 Å². The number of aliphatic hydroxyl groups is 1. The molecule has 0 radical (unpaired) electrons. The number of hydrogen-bond acceptors (Lipinski definition) is 4. The summed E-state index contributed by atoms with van der Waals surface area (Å²) in [5, 5.41) is 16.7. The number of nitrogens with one attached hydrogen (secondary N) is 1. The minimum absolute atomic E-state index is 0.184. The number of aromatic nitrogens is 2. The van der Waals surface area contributed by atoms with Crippen molar-refractivity contribution in [2.45, 2.75) is 25.9 Å². The SMILES string of the molecule is COCCC(C)(O)CNC(=O)c1cnn(C)c1C. The van der Waals surface area contributed by atoms with E-state index in [0.717, 1.165) is 5.69 Å². The van der Waals surface area contributed by atoms with Crippen molar-refractivity contribution in [3.63, 3.8) is 0 Å². The van der Waals surface area contributed by atoms with Gasteiger partial charge < -0.3 is 15.2 Å². The molecule has 1 aromatic heterocycles. The third kappa shape index (κ3) is 3.82. The van der Waals surface area contributed by atoms with E-state index in [1.165, 1.54) is 6.20 Å². The summed E-state index contributed by atoms with van der Waals surface area (Å²) in [4.78, 5) is 11.9. The lowest BCUT2D eigenvalue weighted by Gasteiger charge is -2.23. The third-order valence-corrected chi connectivity index (χ3v) is 2.95. The van der Waals surface area contributed by atoms with Crippen LogP contribution in [0.1, 0.15) is 29.4 Å². The Morgan fingerprint density at radius 1 is 1.67 bits per heavy atom. The van der Waals surface area contributed by atoms with Gasteiger partial charge in [-0.3, -0.25) is 9.48 Å². The van der Waals surface area contributed by atoms with E-state index in [2.05, 4.69) is 10.4 Å². The maximum absolute atomic E-state index is 11.9. The smallest absolute Gasteiger partial charge is 0.254 e. The Hall–Kier alpha value is -1.40. The molecule has 1 amide bonds. The largest absolute Gasteiger partial charge is 0.388 e. The summed E-state index contributed by atoms with van der Waals surface area (Å²) >= 11 is 0. The van der Waals surface area contributed by atoms with Crippen molar-refractivity contribution in [1.82, 2.24) is 15.1 Å². The molecule has 0 aromatic carbocycles. The molecule has 2 N–H and O–H groups in total. The summed E-state index contributed by atoms with van der Waals surface area (Å²) in [6.07, 6.45) is 1.99. The highest BCUT2D eigenvalue weighted by atomic mass is 16.5. The van der Waals surface area contributed by atoms with Crippen molar-refractivity contribution in [2.75, 3.05) is 20.3 Å². The quantitative estimate of drug-likeness (QED) is 0.763. The molecular formula is C12H21N3O3. The molecule has 6 nitrogen and oxygen atoms in total. The predicted molar refractivity (Wildman–Crippen MR) is 67.4 cm³/mol. The van der Waals surface area contributed by atoms with Crippen molar-refractivity contribution in [1.29, 1.82) is 0 Å². The molecule has 0 bridgehead atoms. The summed E-state index contributed by atoms with van der Waals surface area (Å²) in [6.45, 7) is 4.13. The van der Waals surface area contributed by atoms with Crippen LogP contribution in [0, 0.1) is 6.92 Å². The van der Waals surface area contributed by atoms with Crippen molar-refractivity contribution in [2.24, 2.45) is 7.05 Å². The van der Waals surface area contributed by atoms with Crippen LogP contribution in [0.25, 0.3) is 0 Å². The lowest BCUT2D eigenvalue weighted by Crippen LogP contribution is -2.41. The average Bonchev–Trinajstić information content (AvgIpc) is 2.65. The van der Waals surface area contributed by atoms with Crippen molar-refractivity contribution in [3.05, 3.63) is 17.5 Å². The van der Waals surface area contributed by atoms with Gasteiger partial charge in [-0.25, -0.2) is 0 Å². The lowest BCUT2D eigenvalue weighted by molar-refractivity contribution is 0.0243. The zero-order valence-corrected chi connectivity index (χ0v) is 11.4. The highest BCUT2D eigenvalue weighted by Gasteiger charge is 2.22. The number of nitrogens with zero attached hydrogens (tertiary/aromatic N) is 2. The van der Waals surface area contributed by atoms with Crippen molar-refractivity contribution < 1.29 is 14.6 Å². The molecule has 1 rings (SSSR count). The first-order chi connectivity index (χ1) is 8.37. The Morgan fingerprint density at radius 2 is 2.33 bits per heavy atom. The summed E-state index contributed by atoms with van der Waals surface area (Å²) in [5.41, 5.74) is 0.353. The Morgan fingerprint density at radius 3 is 2.83 bits per heavy atom. The second kappa shape index (κ2) is 5.97. The fourth-order valence-corrected chi connectivity index (χ4v) is 1.50. The summed E-state index contributed by atoms with van der Waals surface area (Å²) in [7, 11) is 3.36. The minimum Gasteiger partial charge on any atom is -0.388 e. The van der Waals surface area contributed by atoms with Crippen LogP contribution in [-0.4, -0.2) is 46.7 Å². The Labute approximate surface area is 107 Å². The van der Waals surface area contributed by atoms with Gasteiger partial charge >= 0.3 is 0 Å². The molecule has 0 aliphatic rings. The number of ether oxygens (including phenoxy) is 1. The van der Waals surface area contributed by atoms with Gasteiger partial charge in [-0.1, -0.05) is 0 Å². The van der Waals surface area contributed by atoms with Crippen LogP contribution in [0.3, 0.4) is 0 Å². The Bertz CT molecular complexity index is 413. The normalized spacial score (nSPS) is 14.3. The number of aryl methyl sites for hydroxylation is 1. The third-order valence-electron chi connectivity index (χ3n) is 2.95. The second-order valence-electron chi connectivity index (χ2n) is 4.69. The van der Waals surface area contributed by atoms with Crippen LogP contribution in [0.2, 0.25) is 0 Å². The molecule has 1 atom stereocenters. The van der Waals surface area contributed by atoms with Crippen LogP contribution >= 0.6 is 0 Å². The average molecular weight is 255 g/mol. The molecular weight excluding hydrogens is 234 g/mol. The Kier molecular flexibility index (Phi) is 4.86. The maximum Gasteiger partial charge on any atom is 0.254 e. The van der Waals surface area contributed by atoms with Gasteiger partial charge in [0, 0.05) is 39.4 Å². The highest BCUT2D eigenvalue weighted by molar-refractivity contribution is 5.95. The van der Waals surface area contributed by atoms with Crippen LogP contribution < -0.4 is 5.32 Å². The van der Waals surface area contributed by atoms with Crippen molar-refractivity contribution in [3.8, 4) is 0 Å². The fourth-order valence-electron chi connectivity index (χ4n) is 1.50. The molecule has 0 spiro atoms. The van der Waals surface area contributed by atoms with Gasteiger partial charge in [0.1, 0.15) is 0 Å². The first-order valence-electron chi connectivity index (χ1n) is 5.85. The van der Waals surface area contributed by atoms with Crippen LogP contribution in [0.4, 0.5) is 0 Å². The van der Waals surface area contributed by atoms with E-state index in [1.54, 1.807) is 25.8 Å². The first kappa shape index (κ1) is 14.7. The van der Waals surface area contributed by atoms with Crippen LogP contribution in [0.5, 0.6) is 0 Å². The molecule has 0 aliphatic heterocycles. The van der Waals surface area contributed by atoms with E-state index in [4.69, 9.17) is 4.74 Å². The standard InChI is InChI=1S/C12H21N3O3/c1-9-10(7-14-15(9)3)11(16)13-8-12(2,17)5-6-18-4/h7,17H,5-6,8H2,1-4H3,(H,13,16). The number of hydrogen-bond donors (Lipinski definition) is 2. The van der Waals surface area contributed by atoms with Crippen LogP contribution in [0.15, 0.2) is 6.20 Å². The van der Waals surface area contributed by atoms with E-state index >= 15 is 0 Å². The second-order valence-corrected chi connectivity index (χ2v) is 4.69. The minimum atomic E-state index is -0.970. The molecule has 0 saturated carbocycles. The van der Waals surface area contributed by atoms with E-state index in [-0.39, 0.29) is 12.5 Å². The molecule has 1 unspecified atom stereocenters. The molecule has 0 fully saturated rings. The number of carbonyl (C=O) groups is 1. The van der Waals surface area contributed by atoms with Crippen LogP contribution in [-0.2, 0) is 11.8 Å². The molecule has 0 saturated heterocycles. The van der Waals surface area contributed by atoms with Gasteiger partial charge in [-0.15, -0.1) is 0 Å². The van der Waals surface area contributed by atoms with Crippen molar-refractivity contribution >= 4 is 5.91 Å². The van der Waals surface area contributed by atoms with Gasteiger partial charge in [0.2, 0.25) is 0 Å². The molecule has 18 heavy (non-hydrogen) atoms. The first-order valence-corrected chi connectivity index (χ1v) is 5.85.